The third-order valence-electron chi connectivity index (χ3n) is 3.71. The summed E-state index contributed by atoms with van der Waals surface area (Å²) >= 11 is 1.52. The zero-order chi connectivity index (χ0) is 14.7. The van der Waals surface area contributed by atoms with Crippen molar-refractivity contribution in [1.29, 1.82) is 0 Å². The maximum atomic E-state index is 13.3. The van der Waals surface area contributed by atoms with Gasteiger partial charge < -0.3 is 10.2 Å². The largest absolute Gasteiger partial charge is 0.369 e. The molecule has 1 unspecified atom stereocenters. The van der Waals surface area contributed by atoms with Crippen LogP contribution in [0.5, 0.6) is 0 Å². The summed E-state index contributed by atoms with van der Waals surface area (Å²) in [6, 6.07) is 8.55. The van der Waals surface area contributed by atoms with Crippen molar-refractivity contribution >= 4 is 22.9 Å². The van der Waals surface area contributed by atoms with Gasteiger partial charge in [-0.2, -0.15) is 11.3 Å². The van der Waals surface area contributed by atoms with Crippen LogP contribution < -0.4 is 10.2 Å². The summed E-state index contributed by atoms with van der Waals surface area (Å²) < 4.78 is 13.3. The fourth-order valence-corrected chi connectivity index (χ4v) is 3.30. The lowest BCUT2D eigenvalue weighted by atomic mass is 10.0. The molecule has 0 radical (unpaired) electrons. The molecule has 3 rings (SSSR count). The Balaban J connectivity index is 1.64. The number of amides is 1. The molecule has 0 aliphatic carbocycles. The number of thiophene rings is 1. The quantitative estimate of drug-likeness (QED) is 0.944. The number of carbonyl (C=O) groups is 1. The monoisotopic (exact) mass is 304 g/mol. The first-order valence-electron chi connectivity index (χ1n) is 7.06. The van der Waals surface area contributed by atoms with Crippen molar-refractivity contribution in [3.8, 4) is 0 Å². The van der Waals surface area contributed by atoms with Crippen LogP contribution in [0, 0.1) is 5.82 Å². The molecular formula is C16H17FN2OS. The van der Waals surface area contributed by atoms with E-state index >= 15 is 0 Å². The average molecular weight is 304 g/mol. The summed E-state index contributed by atoms with van der Waals surface area (Å²) in [5.74, 6) is -0.251. The van der Waals surface area contributed by atoms with Crippen molar-refractivity contribution < 1.29 is 9.18 Å². The van der Waals surface area contributed by atoms with Crippen molar-refractivity contribution in [2.24, 2.45) is 0 Å². The lowest BCUT2D eigenvalue weighted by Crippen LogP contribution is -2.47. The van der Waals surface area contributed by atoms with Crippen LogP contribution in [0.2, 0.25) is 0 Å². The molecule has 0 spiro atoms. The first-order chi connectivity index (χ1) is 10.2. The molecule has 21 heavy (non-hydrogen) atoms. The zero-order valence-corrected chi connectivity index (χ0v) is 12.4. The Labute approximate surface area is 127 Å². The number of piperidine rings is 1. The lowest BCUT2D eigenvalue weighted by Gasteiger charge is -2.34. The topological polar surface area (TPSA) is 32.3 Å². The van der Waals surface area contributed by atoms with E-state index in [1.165, 1.54) is 17.4 Å². The van der Waals surface area contributed by atoms with Crippen molar-refractivity contribution in [2.75, 3.05) is 18.0 Å². The number of hydrogen-bond acceptors (Lipinski definition) is 3. The molecule has 2 aromatic rings. The van der Waals surface area contributed by atoms with E-state index in [4.69, 9.17) is 0 Å². The van der Waals surface area contributed by atoms with Crippen molar-refractivity contribution in [3.05, 3.63) is 52.5 Å². The van der Waals surface area contributed by atoms with E-state index in [1.807, 2.05) is 22.9 Å². The smallest absolute Gasteiger partial charge is 0.252 e. The highest BCUT2D eigenvalue weighted by atomic mass is 32.1. The highest BCUT2D eigenvalue weighted by molar-refractivity contribution is 7.08. The van der Waals surface area contributed by atoms with Gasteiger partial charge in [-0.15, -0.1) is 0 Å². The van der Waals surface area contributed by atoms with Crippen LogP contribution in [0.4, 0.5) is 10.1 Å². The van der Waals surface area contributed by atoms with Gasteiger partial charge in [-0.05, 0) is 42.5 Å². The fraction of sp³-hybridized carbons (Fsp3) is 0.312. The van der Waals surface area contributed by atoms with Gasteiger partial charge in [0.25, 0.3) is 5.91 Å². The molecule has 3 nitrogen and oxygen atoms in total. The predicted molar refractivity (Wildman–Crippen MR) is 83.4 cm³/mol. The number of nitrogens with zero attached hydrogens (tertiary/aromatic N) is 1. The van der Waals surface area contributed by atoms with Gasteiger partial charge in [0.05, 0.1) is 0 Å². The van der Waals surface area contributed by atoms with Gasteiger partial charge in [-0.1, -0.05) is 6.07 Å². The maximum absolute atomic E-state index is 13.3. The standard InChI is InChI=1S/C16H17FN2OS/c17-13-3-1-5-15(9-13)19-7-2-4-14(10-19)18-16(20)12-6-8-21-11-12/h1,3,5-6,8-9,11,14H,2,4,7,10H2,(H,18,20). The highest BCUT2D eigenvalue weighted by Gasteiger charge is 2.22. The van der Waals surface area contributed by atoms with E-state index in [2.05, 4.69) is 10.2 Å². The number of benzene rings is 1. The van der Waals surface area contributed by atoms with Crippen molar-refractivity contribution in [2.45, 2.75) is 18.9 Å². The number of nitrogens with one attached hydrogen (secondary N) is 1. The van der Waals surface area contributed by atoms with Gasteiger partial charge in [0.1, 0.15) is 5.82 Å². The number of carbonyl (C=O) groups excluding carboxylic acids is 1. The molecular weight excluding hydrogens is 287 g/mol. The first-order valence-corrected chi connectivity index (χ1v) is 8.00. The van der Waals surface area contributed by atoms with Gasteiger partial charge >= 0.3 is 0 Å². The van der Waals surface area contributed by atoms with Gasteiger partial charge in [-0.3, -0.25) is 4.79 Å². The van der Waals surface area contributed by atoms with Crippen molar-refractivity contribution in [3.63, 3.8) is 0 Å². The minimum Gasteiger partial charge on any atom is -0.369 e. The molecule has 0 saturated carbocycles. The minimum atomic E-state index is -0.225. The second-order valence-corrected chi connectivity index (χ2v) is 6.03. The Morgan fingerprint density at radius 2 is 2.29 bits per heavy atom. The lowest BCUT2D eigenvalue weighted by molar-refractivity contribution is 0.0933. The summed E-state index contributed by atoms with van der Waals surface area (Å²) in [7, 11) is 0. The summed E-state index contributed by atoms with van der Waals surface area (Å²) in [4.78, 5) is 14.2. The van der Waals surface area contributed by atoms with Crippen LogP contribution in [0.25, 0.3) is 0 Å². The minimum absolute atomic E-state index is 0.0256. The summed E-state index contributed by atoms with van der Waals surface area (Å²) in [5.41, 5.74) is 1.59. The molecule has 0 bridgehead atoms. The van der Waals surface area contributed by atoms with Gasteiger partial charge in [0.15, 0.2) is 0 Å². The van der Waals surface area contributed by atoms with Crippen LogP contribution in [-0.2, 0) is 0 Å². The molecule has 1 amide bonds. The van der Waals surface area contributed by atoms with Crippen molar-refractivity contribution in [1.82, 2.24) is 5.32 Å². The van der Waals surface area contributed by atoms with E-state index in [0.29, 0.717) is 5.56 Å². The average Bonchev–Trinajstić information content (AvgIpc) is 3.02. The molecule has 1 aliphatic rings. The summed E-state index contributed by atoms with van der Waals surface area (Å²) in [5, 5.41) is 6.82. The Morgan fingerprint density at radius 1 is 1.38 bits per heavy atom. The van der Waals surface area contributed by atoms with Crippen LogP contribution in [-0.4, -0.2) is 25.0 Å². The van der Waals surface area contributed by atoms with Gasteiger partial charge in [0, 0.05) is 35.8 Å². The van der Waals surface area contributed by atoms with E-state index in [1.54, 1.807) is 12.1 Å². The second-order valence-electron chi connectivity index (χ2n) is 5.25. The van der Waals surface area contributed by atoms with E-state index in [9.17, 15) is 9.18 Å². The summed E-state index contributed by atoms with van der Waals surface area (Å²) in [6.07, 6.45) is 1.95. The molecule has 1 aromatic carbocycles. The molecule has 1 saturated heterocycles. The third kappa shape index (κ3) is 3.42. The maximum Gasteiger partial charge on any atom is 0.252 e. The number of halogens is 1. The van der Waals surface area contributed by atoms with Crippen LogP contribution in [0.3, 0.4) is 0 Å². The van der Waals surface area contributed by atoms with Crippen LogP contribution in [0.15, 0.2) is 41.1 Å². The van der Waals surface area contributed by atoms with Crippen LogP contribution >= 0.6 is 11.3 Å². The SMILES string of the molecule is O=C(NC1CCCN(c2cccc(F)c2)C1)c1ccsc1. The van der Waals surface area contributed by atoms with E-state index in [-0.39, 0.29) is 17.8 Å². The Bertz CT molecular complexity index is 614. The molecule has 1 aromatic heterocycles. The van der Waals surface area contributed by atoms with Gasteiger partial charge in [0.2, 0.25) is 0 Å². The predicted octanol–water partition coefficient (Wildman–Crippen LogP) is 3.29. The fourth-order valence-electron chi connectivity index (χ4n) is 2.66. The Kier molecular flexibility index (Phi) is 4.20. The van der Waals surface area contributed by atoms with E-state index < -0.39 is 0 Å². The second kappa shape index (κ2) is 6.26. The number of anilines is 1. The molecule has 110 valence electrons. The normalized spacial score (nSPS) is 18.5. The zero-order valence-electron chi connectivity index (χ0n) is 11.6. The molecule has 5 heteroatoms. The highest BCUT2D eigenvalue weighted by Crippen LogP contribution is 2.21. The summed E-state index contributed by atoms with van der Waals surface area (Å²) in [6.45, 7) is 1.62. The molecule has 1 N–H and O–H groups in total. The number of rotatable bonds is 3. The first kappa shape index (κ1) is 14.1. The molecule has 1 aliphatic heterocycles. The molecule has 1 fully saturated rings. The molecule has 2 heterocycles. The Hall–Kier alpha value is -1.88. The molecule has 1 atom stereocenters. The third-order valence-corrected chi connectivity index (χ3v) is 4.40. The van der Waals surface area contributed by atoms with Crippen LogP contribution in [0.1, 0.15) is 23.2 Å². The Morgan fingerprint density at radius 3 is 3.05 bits per heavy atom. The van der Waals surface area contributed by atoms with Gasteiger partial charge in [-0.25, -0.2) is 4.39 Å². The number of hydrogen-bond donors (Lipinski definition) is 1. The van der Waals surface area contributed by atoms with E-state index in [0.717, 1.165) is 31.6 Å².